The fraction of sp³-hybridized carbons (Fsp3) is 0.304. The Hall–Kier alpha value is -3.73. The van der Waals surface area contributed by atoms with Crippen LogP contribution < -0.4 is 19.7 Å². The van der Waals surface area contributed by atoms with E-state index in [0.29, 0.717) is 49.1 Å². The number of esters is 1. The molecule has 2 aromatic carbocycles. The molecule has 2 aliphatic rings. The molecule has 1 fully saturated rings. The number of carbonyl (C=O) groups is 2. The third-order valence-corrected chi connectivity index (χ3v) is 5.10. The van der Waals surface area contributed by atoms with Gasteiger partial charge in [0.2, 0.25) is 6.79 Å². The number of halogens is 3. The van der Waals surface area contributed by atoms with E-state index in [-0.39, 0.29) is 12.5 Å². The first-order chi connectivity index (χ1) is 16.3. The molecule has 2 aromatic rings. The molecule has 1 N–H and O–H groups in total. The molecule has 1 saturated heterocycles. The van der Waals surface area contributed by atoms with Crippen molar-refractivity contribution in [3.8, 4) is 11.5 Å². The molecule has 1 amide bonds. The summed E-state index contributed by atoms with van der Waals surface area (Å²) in [7, 11) is 0. The molecular formula is C23H21F3N2O6. The SMILES string of the molecule is O=C(COC(=O)/C=C/c1ccc2c(c1)OCO2)Nc1cc(C(F)(F)F)ccc1N1CCOCC1. The standard InChI is InChI=1S/C23H21F3N2O6/c24-23(25,26)16-3-4-18(28-7-9-31-10-8-28)17(12-16)27-21(29)13-32-22(30)6-2-15-1-5-19-20(11-15)34-14-33-19/h1-6,11-12H,7-10,13-14H2,(H,27,29)/b6-2+. The predicted molar refractivity (Wildman–Crippen MR) is 116 cm³/mol. The molecule has 8 nitrogen and oxygen atoms in total. The highest BCUT2D eigenvalue weighted by atomic mass is 19.4. The molecule has 180 valence electrons. The van der Waals surface area contributed by atoms with E-state index >= 15 is 0 Å². The quantitative estimate of drug-likeness (QED) is 0.503. The van der Waals surface area contributed by atoms with E-state index in [9.17, 15) is 22.8 Å². The van der Waals surface area contributed by atoms with E-state index in [1.807, 2.05) is 4.90 Å². The average molecular weight is 478 g/mol. The molecule has 2 aliphatic heterocycles. The summed E-state index contributed by atoms with van der Waals surface area (Å²) in [6.07, 6.45) is -1.96. The smallest absolute Gasteiger partial charge is 0.416 e. The molecule has 11 heteroatoms. The van der Waals surface area contributed by atoms with Crippen LogP contribution in [0.5, 0.6) is 11.5 Å². The fourth-order valence-electron chi connectivity index (χ4n) is 3.44. The topological polar surface area (TPSA) is 86.3 Å². The van der Waals surface area contributed by atoms with Gasteiger partial charge in [-0.05, 0) is 42.0 Å². The van der Waals surface area contributed by atoms with E-state index in [0.717, 1.165) is 18.2 Å². The molecule has 34 heavy (non-hydrogen) atoms. The first-order valence-corrected chi connectivity index (χ1v) is 10.4. The van der Waals surface area contributed by atoms with Crippen molar-refractivity contribution in [2.24, 2.45) is 0 Å². The Balaban J connectivity index is 1.38. The van der Waals surface area contributed by atoms with Crippen LogP contribution >= 0.6 is 0 Å². The lowest BCUT2D eigenvalue weighted by Gasteiger charge is -2.31. The Morgan fingerprint density at radius 1 is 1.06 bits per heavy atom. The highest BCUT2D eigenvalue weighted by molar-refractivity contribution is 5.97. The van der Waals surface area contributed by atoms with Crippen molar-refractivity contribution >= 4 is 29.3 Å². The normalized spacial score (nSPS) is 15.4. The summed E-state index contributed by atoms with van der Waals surface area (Å²) in [4.78, 5) is 26.2. The number of ether oxygens (including phenoxy) is 4. The van der Waals surface area contributed by atoms with Crippen molar-refractivity contribution in [1.29, 1.82) is 0 Å². The van der Waals surface area contributed by atoms with Crippen molar-refractivity contribution < 1.29 is 41.7 Å². The molecule has 4 rings (SSSR count). The van der Waals surface area contributed by atoms with Crippen LogP contribution in [0.1, 0.15) is 11.1 Å². The van der Waals surface area contributed by atoms with E-state index < -0.39 is 30.2 Å². The Labute approximate surface area is 192 Å². The lowest BCUT2D eigenvalue weighted by molar-refractivity contribution is -0.142. The largest absolute Gasteiger partial charge is 0.454 e. The summed E-state index contributed by atoms with van der Waals surface area (Å²) in [5.41, 5.74) is 0.167. The second kappa shape index (κ2) is 10.0. The second-order valence-electron chi connectivity index (χ2n) is 7.43. The number of amides is 1. The van der Waals surface area contributed by atoms with Gasteiger partial charge in [0.15, 0.2) is 18.1 Å². The van der Waals surface area contributed by atoms with Gasteiger partial charge in [-0.15, -0.1) is 0 Å². The third-order valence-electron chi connectivity index (χ3n) is 5.10. The van der Waals surface area contributed by atoms with Gasteiger partial charge in [0.25, 0.3) is 5.91 Å². The van der Waals surface area contributed by atoms with Crippen molar-refractivity contribution in [2.75, 3.05) is 49.9 Å². The lowest BCUT2D eigenvalue weighted by Crippen LogP contribution is -2.37. The number of carbonyl (C=O) groups excluding carboxylic acids is 2. The minimum absolute atomic E-state index is 0.0197. The summed E-state index contributed by atoms with van der Waals surface area (Å²) in [6.45, 7) is 1.23. The van der Waals surface area contributed by atoms with Gasteiger partial charge in [-0.1, -0.05) is 6.07 Å². The van der Waals surface area contributed by atoms with Gasteiger partial charge in [0.1, 0.15) is 0 Å². The van der Waals surface area contributed by atoms with Gasteiger partial charge >= 0.3 is 12.1 Å². The molecule has 0 unspecified atom stereocenters. The van der Waals surface area contributed by atoms with Crippen molar-refractivity contribution in [2.45, 2.75) is 6.18 Å². The summed E-state index contributed by atoms with van der Waals surface area (Å²) >= 11 is 0. The van der Waals surface area contributed by atoms with E-state index in [4.69, 9.17) is 18.9 Å². The van der Waals surface area contributed by atoms with Crippen LogP contribution in [-0.2, 0) is 25.2 Å². The molecule has 0 spiro atoms. The van der Waals surface area contributed by atoms with E-state index in [2.05, 4.69) is 5.32 Å². The van der Waals surface area contributed by atoms with Crippen LogP contribution in [0.4, 0.5) is 24.5 Å². The molecular weight excluding hydrogens is 457 g/mol. The summed E-state index contributed by atoms with van der Waals surface area (Å²) in [6, 6.07) is 8.22. The molecule has 0 aromatic heterocycles. The maximum Gasteiger partial charge on any atom is 0.416 e. The monoisotopic (exact) mass is 478 g/mol. The Morgan fingerprint density at radius 3 is 2.59 bits per heavy atom. The zero-order valence-electron chi connectivity index (χ0n) is 17.9. The number of nitrogens with zero attached hydrogens (tertiary/aromatic N) is 1. The van der Waals surface area contributed by atoms with E-state index in [1.54, 1.807) is 18.2 Å². The Kier molecular flexibility index (Phi) is 6.92. The molecule has 0 saturated carbocycles. The number of fused-ring (bicyclic) bond motifs is 1. The fourth-order valence-corrected chi connectivity index (χ4v) is 3.44. The van der Waals surface area contributed by atoms with E-state index in [1.165, 1.54) is 12.1 Å². The first-order valence-electron chi connectivity index (χ1n) is 10.4. The number of alkyl halides is 3. The predicted octanol–water partition coefficient (Wildman–Crippen LogP) is 3.47. The summed E-state index contributed by atoms with van der Waals surface area (Å²) < 4.78 is 60.2. The maximum absolute atomic E-state index is 13.2. The first kappa shape index (κ1) is 23.4. The third kappa shape index (κ3) is 5.79. The van der Waals surface area contributed by atoms with Gasteiger partial charge in [-0.25, -0.2) is 4.79 Å². The van der Waals surface area contributed by atoms with Gasteiger partial charge in [-0.2, -0.15) is 13.2 Å². The van der Waals surface area contributed by atoms with Gasteiger partial charge in [0.05, 0.1) is 30.2 Å². The minimum Gasteiger partial charge on any atom is -0.454 e. The van der Waals surface area contributed by atoms with Crippen LogP contribution in [0.3, 0.4) is 0 Å². The van der Waals surface area contributed by atoms with Crippen LogP contribution in [0, 0.1) is 0 Å². The number of anilines is 2. The second-order valence-corrected chi connectivity index (χ2v) is 7.43. The molecule has 2 heterocycles. The molecule has 0 bridgehead atoms. The van der Waals surface area contributed by atoms with Gasteiger partial charge < -0.3 is 29.2 Å². The van der Waals surface area contributed by atoms with Gasteiger partial charge in [0, 0.05) is 19.2 Å². The van der Waals surface area contributed by atoms with Crippen LogP contribution in [0.2, 0.25) is 0 Å². The van der Waals surface area contributed by atoms with Crippen LogP contribution in [0.25, 0.3) is 6.08 Å². The number of hydrogen-bond acceptors (Lipinski definition) is 7. The number of morpholine rings is 1. The summed E-state index contributed by atoms with van der Waals surface area (Å²) in [5.74, 6) is -0.404. The van der Waals surface area contributed by atoms with Crippen molar-refractivity contribution in [1.82, 2.24) is 0 Å². The molecule has 0 radical (unpaired) electrons. The number of benzene rings is 2. The maximum atomic E-state index is 13.2. The van der Waals surface area contributed by atoms with Crippen molar-refractivity contribution in [3.05, 3.63) is 53.6 Å². The number of rotatable bonds is 6. The zero-order valence-corrected chi connectivity index (χ0v) is 17.9. The van der Waals surface area contributed by atoms with Crippen LogP contribution in [-0.4, -0.2) is 51.6 Å². The average Bonchev–Trinajstić information content (AvgIpc) is 3.29. The lowest BCUT2D eigenvalue weighted by atomic mass is 10.1. The zero-order chi connectivity index (χ0) is 24.1. The summed E-state index contributed by atoms with van der Waals surface area (Å²) in [5, 5.41) is 2.42. The van der Waals surface area contributed by atoms with Gasteiger partial charge in [-0.3, -0.25) is 4.79 Å². The Morgan fingerprint density at radius 2 is 1.82 bits per heavy atom. The molecule has 0 atom stereocenters. The number of hydrogen-bond donors (Lipinski definition) is 1. The highest BCUT2D eigenvalue weighted by Gasteiger charge is 2.32. The minimum atomic E-state index is -4.57. The molecule has 0 aliphatic carbocycles. The number of nitrogens with one attached hydrogen (secondary N) is 1. The Bertz CT molecular complexity index is 1100. The highest BCUT2D eigenvalue weighted by Crippen LogP contribution is 2.36. The van der Waals surface area contributed by atoms with Crippen LogP contribution in [0.15, 0.2) is 42.5 Å². The van der Waals surface area contributed by atoms with Crippen molar-refractivity contribution in [3.63, 3.8) is 0 Å².